The highest BCUT2D eigenvalue weighted by Gasteiger charge is 2.11. The van der Waals surface area contributed by atoms with Gasteiger partial charge >= 0.3 is 0 Å². The Morgan fingerprint density at radius 1 is 1.40 bits per heavy atom. The third-order valence-corrected chi connectivity index (χ3v) is 1.03. The van der Waals surface area contributed by atoms with Gasteiger partial charge in [-0.2, -0.15) is 0 Å². The van der Waals surface area contributed by atoms with Crippen LogP contribution in [0.5, 0.6) is 0 Å². The maximum absolute atomic E-state index is 4.64. The molecule has 0 unspecified atom stereocenters. The van der Waals surface area contributed by atoms with Crippen molar-refractivity contribution in [2.24, 2.45) is 10.6 Å². The van der Waals surface area contributed by atoms with Crippen LogP contribution in [0.1, 0.15) is 34.1 Å². The first-order chi connectivity index (χ1) is 4.45. The van der Waals surface area contributed by atoms with Gasteiger partial charge in [-0.05, 0) is 18.8 Å². The van der Waals surface area contributed by atoms with Crippen LogP contribution in [0.25, 0.3) is 0 Å². The summed E-state index contributed by atoms with van der Waals surface area (Å²) >= 11 is 0. The average molecular weight is 143 g/mol. The Balaban J connectivity index is 3.79. The first kappa shape index (κ1) is 9.47. The predicted octanol–water partition coefficient (Wildman–Crippen LogP) is 2.44. The molecular formula is C8H17NO. The highest BCUT2D eigenvalue weighted by atomic mass is 16.6. The van der Waals surface area contributed by atoms with Crippen molar-refractivity contribution < 1.29 is 4.84 Å². The van der Waals surface area contributed by atoms with Crippen molar-refractivity contribution in [1.29, 1.82) is 0 Å². The van der Waals surface area contributed by atoms with Gasteiger partial charge in [0.15, 0.2) is 0 Å². The summed E-state index contributed by atoms with van der Waals surface area (Å²) in [6.45, 7) is 8.53. The fourth-order valence-electron chi connectivity index (χ4n) is 0.956. The van der Waals surface area contributed by atoms with E-state index in [1.165, 1.54) is 0 Å². The van der Waals surface area contributed by atoms with Gasteiger partial charge in [-0.25, -0.2) is 0 Å². The molecule has 2 heteroatoms. The Bertz CT molecular complexity index is 122. The van der Waals surface area contributed by atoms with E-state index in [0.717, 1.165) is 12.1 Å². The number of rotatable bonds is 2. The van der Waals surface area contributed by atoms with Crippen LogP contribution >= 0.6 is 0 Å². The molecule has 0 aliphatic rings. The molecular weight excluding hydrogens is 126 g/mol. The normalized spacial score (nSPS) is 13.5. The first-order valence-electron chi connectivity index (χ1n) is 3.52. The highest BCUT2D eigenvalue weighted by molar-refractivity contribution is 5.81. The van der Waals surface area contributed by atoms with Crippen LogP contribution in [0.4, 0.5) is 0 Å². The van der Waals surface area contributed by atoms with Crippen LogP contribution in [0, 0.1) is 5.41 Å². The Labute approximate surface area is 63.3 Å². The summed E-state index contributed by atoms with van der Waals surface area (Å²) in [5.74, 6) is 0. The Hall–Kier alpha value is -0.530. The zero-order valence-electron chi connectivity index (χ0n) is 7.56. The third kappa shape index (κ3) is 5.60. The van der Waals surface area contributed by atoms with Crippen LogP contribution in [0.15, 0.2) is 5.16 Å². The SMILES string of the molecule is CO/N=C(\C)CC(C)(C)C. The molecule has 0 bridgehead atoms. The molecule has 0 aliphatic carbocycles. The van der Waals surface area contributed by atoms with Crippen LogP contribution in [-0.2, 0) is 4.84 Å². The van der Waals surface area contributed by atoms with Gasteiger partial charge in [-0.1, -0.05) is 25.9 Å². The summed E-state index contributed by atoms with van der Waals surface area (Å²) in [4.78, 5) is 4.64. The van der Waals surface area contributed by atoms with Gasteiger partial charge in [-0.3, -0.25) is 0 Å². The number of oxime groups is 1. The zero-order chi connectivity index (χ0) is 8.20. The first-order valence-corrected chi connectivity index (χ1v) is 3.52. The quantitative estimate of drug-likeness (QED) is 0.430. The Morgan fingerprint density at radius 2 is 1.90 bits per heavy atom. The summed E-state index contributed by atoms with van der Waals surface area (Å²) < 4.78 is 0. The predicted molar refractivity (Wildman–Crippen MR) is 44.2 cm³/mol. The molecule has 0 amide bonds. The molecule has 0 spiro atoms. The van der Waals surface area contributed by atoms with Crippen molar-refractivity contribution in [2.45, 2.75) is 34.1 Å². The van der Waals surface area contributed by atoms with E-state index in [2.05, 4.69) is 30.8 Å². The molecule has 0 fully saturated rings. The molecule has 0 saturated heterocycles. The van der Waals surface area contributed by atoms with Gasteiger partial charge in [0.1, 0.15) is 7.11 Å². The minimum Gasteiger partial charge on any atom is -0.399 e. The lowest BCUT2D eigenvalue weighted by Gasteiger charge is -2.16. The lowest BCUT2D eigenvalue weighted by molar-refractivity contribution is 0.210. The molecule has 0 aliphatic heterocycles. The monoisotopic (exact) mass is 143 g/mol. The van der Waals surface area contributed by atoms with Crippen molar-refractivity contribution in [3.8, 4) is 0 Å². The van der Waals surface area contributed by atoms with E-state index in [0.29, 0.717) is 5.41 Å². The molecule has 60 valence electrons. The van der Waals surface area contributed by atoms with E-state index in [4.69, 9.17) is 0 Å². The number of hydrogen-bond donors (Lipinski definition) is 0. The van der Waals surface area contributed by atoms with Gasteiger partial charge in [0, 0.05) is 0 Å². The summed E-state index contributed by atoms with van der Waals surface area (Å²) in [5.41, 5.74) is 1.36. The maximum Gasteiger partial charge on any atom is 0.106 e. The summed E-state index contributed by atoms with van der Waals surface area (Å²) in [7, 11) is 1.58. The van der Waals surface area contributed by atoms with Crippen molar-refractivity contribution in [2.75, 3.05) is 7.11 Å². The van der Waals surface area contributed by atoms with E-state index < -0.39 is 0 Å². The summed E-state index contributed by atoms with van der Waals surface area (Å²) in [6.07, 6.45) is 0.987. The summed E-state index contributed by atoms with van der Waals surface area (Å²) in [6, 6.07) is 0. The third-order valence-electron chi connectivity index (χ3n) is 1.03. The molecule has 0 heterocycles. The van der Waals surface area contributed by atoms with Crippen LogP contribution in [0.2, 0.25) is 0 Å². The van der Waals surface area contributed by atoms with E-state index in [-0.39, 0.29) is 0 Å². The molecule has 0 rings (SSSR count). The van der Waals surface area contributed by atoms with Crippen molar-refractivity contribution in [1.82, 2.24) is 0 Å². The largest absolute Gasteiger partial charge is 0.399 e. The molecule has 10 heavy (non-hydrogen) atoms. The molecule has 0 atom stereocenters. The lowest BCUT2D eigenvalue weighted by Crippen LogP contribution is -2.10. The van der Waals surface area contributed by atoms with Gasteiger partial charge < -0.3 is 4.84 Å². The molecule has 0 N–H and O–H groups in total. The van der Waals surface area contributed by atoms with E-state index >= 15 is 0 Å². The van der Waals surface area contributed by atoms with Crippen LogP contribution < -0.4 is 0 Å². The smallest absolute Gasteiger partial charge is 0.106 e. The number of hydrogen-bond acceptors (Lipinski definition) is 2. The van der Waals surface area contributed by atoms with Crippen LogP contribution in [0.3, 0.4) is 0 Å². The Morgan fingerprint density at radius 3 is 2.20 bits per heavy atom. The van der Waals surface area contributed by atoms with Gasteiger partial charge in [-0.15, -0.1) is 0 Å². The standard InChI is InChI=1S/C8H17NO/c1-7(9-10-5)6-8(2,3)4/h6H2,1-5H3/b9-7+. The van der Waals surface area contributed by atoms with Crippen LogP contribution in [-0.4, -0.2) is 12.8 Å². The van der Waals surface area contributed by atoms with Gasteiger partial charge in [0.05, 0.1) is 5.71 Å². The van der Waals surface area contributed by atoms with E-state index in [1.807, 2.05) is 6.92 Å². The van der Waals surface area contributed by atoms with E-state index in [1.54, 1.807) is 7.11 Å². The molecule has 0 aromatic rings. The highest BCUT2D eigenvalue weighted by Crippen LogP contribution is 2.18. The Kier molecular flexibility index (Phi) is 3.40. The minimum atomic E-state index is 0.312. The average Bonchev–Trinajstić information content (AvgIpc) is 1.59. The van der Waals surface area contributed by atoms with Crippen molar-refractivity contribution in [3.63, 3.8) is 0 Å². The molecule has 0 saturated carbocycles. The van der Waals surface area contributed by atoms with Gasteiger partial charge in [0.2, 0.25) is 0 Å². The second-order valence-corrected chi connectivity index (χ2v) is 3.75. The topological polar surface area (TPSA) is 21.6 Å². The molecule has 0 aromatic heterocycles. The lowest BCUT2D eigenvalue weighted by atomic mass is 9.90. The fourth-order valence-corrected chi connectivity index (χ4v) is 0.956. The molecule has 0 radical (unpaired) electrons. The molecule has 0 aromatic carbocycles. The minimum absolute atomic E-state index is 0.312. The second kappa shape index (κ2) is 3.59. The van der Waals surface area contributed by atoms with Crippen molar-refractivity contribution in [3.05, 3.63) is 0 Å². The van der Waals surface area contributed by atoms with Gasteiger partial charge in [0.25, 0.3) is 0 Å². The second-order valence-electron chi connectivity index (χ2n) is 3.75. The molecule has 2 nitrogen and oxygen atoms in total. The van der Waals surface area contributed by atoms with E-state index in [9.17, 15) is 0 Å². The zero-order valence-corrected chi connectivity index (χ0v) is 7.56. The fraction of sp³-hybridized carbons (Fsp3) is 0.875. The number of nitrogens with zero attached hydrogens (tertiary/aromatic N) is 1. The van der Waals surface area contributed by atoms with Crippen molar-refractivity contribution >= 4 is 5.71 Å². The summed E-state index contributed by atoms with van der Waals surface area (Å²) in [5, 5.41) is 3.83. The maximum atomic E-state index is 4.64.